The number of amides is 1. The van der Waals surface area contributed by atoms with Crippen molar-refractivity contribution in [2.24, 2.45) is 5.92 Å². The van der Waals surface area contributed by atoms with Gasteiger partial charge in [0.1, 0.15) is 5.82 Å². The molecule has 1 amide bonds. The number of hydrogen-bond donors (Lipinski definition) is 1. The van der Waals surface area contributed by atoms with Crippen LogP contribution in [-0.2, 0) is 10.0 Å². The number of likely N-dealkylation sites (tertiary alicyclic amines) is 1. The van der Waals surface area contributed by atoms with Gasteiger partial charge in [-0.15, -0.1) is 0 Å². The molecule has 40 heavy (non-hydrogen) atoms. The van der Waals surface area contributed by atoms with Crippen LogP contribution in [0.1, 0.15) is 58.9 Å². The van der Waals surface area contributed by atoms with Crippen LogP contribution in [0.2, 0.25) is 0 Å². The minimum absolute atomic E-state index is 0.0874. The third-order valence-corrected chi connectivity index (χ3v) is 10.1. The van der Waals surface area contributed by atoms with Gasteiger partial charge in [0.25, 0.3) is 5.91 Å². The molecule has 3 aliphatic heterocycles. The molecule has 1 aromatic carbocycles. The zero-order valence-corrected chi connectivity index (χ0v) is 23.5. The maximum atomic E-state index is 14.1. The second-order valence-electron chi connectivity index (χ2n) is 11.1. The molecule has 3 aliphatic rings. The lowest BCUT2D eigenvalue weighted by Gasteiger charge is -2.35. The summed E-state index contributed by atoms with van der Waals surface area (Å²) in [5.74, 6) is 0.149. The molecule has 11 nitrogen and oxygen atoms in total. The van der Waals surface area contributed by atoms with E-state index in [1.807, 2.05) is 42.0 Å². The SMILES string of the molecule is Cc1ccc(N2CCCS2(=O)=O)c(C(=O)N2CCCCC2c2cc3nc(N4CC(O)C(C#N)C4)c(C)cn3n2)c1. The average molecular weight is 564 g/mol. The van der Waals surface area contributed by atoms with Gasteiger partial charge >= 0.3 is 0 Å². The van der Waals surface area contributed by atoms with E-state index in [1.54, 1.807) is 16.6 Å². The third-order valence-electron chi connectivity index (χ3n) is 8.23. The lowest BCUT2D eigenvalue weighted by atomic mass is 9.97. The summed E-state index contributed by atoms with van der Waals surface area (Å²) in [4.78, 5) is 22.7. The number of benzene rings is 1. The number of nitrogens with zero attached hydrogens (tertiary/aromatic N) is 7. The van der Waals surface area contributed by atoms with E-state index in [1.165, 1.54) is 4.31 Å². The fourth-order valence-electron chi connectivity index (χ4n) is 6.17. The van der Waals surface area contributed by atoms with E-state index in [0.29, 0.717) is 55.3 Å². The number of rotatable bonds is 4. The molecular weight excluding hydrogens is 530 g/mol. The number of hydrogen-bond acceptors (Lipinski definition) is 8. The quantitative estimate of drug-likeness (QED) is 0.512. The van der Waals surface area contributed by atoms with Gasteiger partial charge in [0.2, 0.25) is 10.0 Å². The predicted molar refractivity (Wildman–Crippen MR) is 150 cm³/mol. The van der Waals surface area contributed by atoms with Crippen LogP contribution in [0.15, 0.2) is 30.5 Å². The van der Waals surface area contributed by atoms with Crippen LogP contribution >= 0.6 is 0 Å². The Hall–Kier alpha value is -3.69. The number of aryl methyl sites for hydroxylation is 2. The van der Waals surface area contributed by atoms with Crippen LogP contribution in [0.3, 0.4) is 0 Å². The Morgan fingerprint density at radius 2 is 1.95 bits per heavy atom. The highest BCUT2D eigenvalue weighted by molar-refractivity contribution is 7.93. The molecule has 1 N–H and O–H groups in total. The Morgan fingerprint density at radius 1 is 1.12 bits per heavy atom. The summed E-state index contributed by atoms with van der Waals surface area (Å²) in [6.45, 7) is 5.52. The first kappa shape index (κ1) is 26.5. The maximum absolute atomic E-state index is 14.1. The molecule has 3 saturated heterocycles. The van der Waals surface area contributed by atoms with E-state index in [2.05, 4.69) is 6.07 Å². The fraction of sp³-hybridized carbons (Fsp3) is 0.500. The lowest BCUT2D eigenvalue weighted by Crippen LogP contribution is -2.39. The van der Waals surface area contributed by atoms with Gasteiger partial charge < -0.3 is 14.9 Å². The molecule has 12 heteroatoms. The van der Waals surface area contributed by atoms with Gasteiger partial charge in [0.05, 0.1) is 46.8 Å². The number of fused-ring (bicyclic) bond motifs is 1. The summed E-state index contributed by atoms with van der Waals surface area (Å²) in [5, 5.41) is 24.4. The Labute approximate surface area is 233 Å². The number of carbonyl (C=O) groups is 1. The number of aliphatic hydroxyl groups excluding tert-OH is 1. The number of carbonyl (C=O) groups excluding carboxylic acids is 1. The van der Waals surface area contributed by atoms with E-state index in [9.17, 15) is 23.6 Å². The number of sulfonamides is 1. The average Bonchev–Trinajstić information content (AvgIpc) is 3.63. The van der Waals surface area contributed by atoms with Gasteiger partial charge in [-0.3, -0.25) is 9.10 Å². The van der Waals surface area contributed by atoms with Crippen LogP contribution in [0, 0.1) is 31.1 Å². The molecule has 210 valence electrons. The molecule has 6 rings (SSSR count). The zero-order chi connectivity index (χ0) is 28.2. The number of piperidine rings is 1. The van der Waals surface area contributed by atoms with Gasteiger partial charge in [-0.05, 0) is 51.7 Å². The number of aromatic nitrogens is 3. The summed E-state index contributed by atoms with van der Waals surface area (Å²) < 4.78 is 28.6. The van der Waals surface area contributed by atoms with E-state index in [-0.39, 0.29) is 17.7 Å². The third kappa shape index (κ3) is 4.57. The number of aliphatic hydroxyl groups is 1. The first-order chi connectivity index (χ1) is 19.2. The summed E-state index contributed by atoms with van der Waals surface area (Å²) in [6.07, 6.45) is 4.26. The van der Waals surface area contributed by atoms with Crippen molar-refractivity contribution in [3.05, 3.63) is 52.8 Å². The molecule has 3 aromatic rings. The highest BCUT2D eigenvalue weighted by Crippen LogP contribution is 2.36. The molecule has 0 spiro atoms. The molecular formula is C28H33N7O4S. The highest BCUT2D eigenvalue weighted by atomic mass is 32.2. The van der Waals surface area contributed by atoms with E-state index < -0.39 is 22.0 Å². The van der Waals surface area contributed by atoms with Gasteiger partial charge in [0.15, 0.2) is 5.65 Å². The molecule has 5 heterocycles. The maximum Gasteiger partial charge on any atom is 0.256 e. The fourth-order valence-corrected chi connectivity index (χ4v) is 7.75. The van der Waals surface area contributed by atoms with Crippen LogP contribution in [0.25, 0.3) is 5.65 Å². The van der Waals surface area contributed by atoms with Gasteiger partial charge in [-0.1, -0.05) is 11.6 Å². The van der Waals surface area contributed by atoms with Crippen LogP contribution < -0.4 is 9.21 Å². The topological polar surface area (TPSA) is 135 Å². The minimum Gasteiger partial charge on any atom is -0.390 e. The van der Waals surface area contributed by atoms with Crippen molar-refractivity contribution >= 4 is 33.1 Å². The number of β-amino-alcohol motifs (C(OH)–C–C–N with tert-alkyl or cyclic N) is 1. The van der Waals surface area contributed by atoms with Crippen molar-refractivity contribution in [2.45, 2.75) is 51.7 Å². The Bertz CT molecular complexity index is 1630. The molecule has 3 fully saturated rings. The van der Waals surface area contributed by atoms with Crippen molar-refractivity contribution in [1.82, 2.24) is 19.5 Å². The predicted octanol–water partition coefficient (Wildman–Crippen LogP) is 2.57. The molecule has 3 unspecified atom stereocenters. The smallest absolute Gasteiger partial charge is 0.256 e. The first-order valence-electron chi connectivity index (χ1n) is 13.8. The number of anilines is 2. The minimum atomic E-state index is -3.45. The first-order valence-corrected chi connectivity index (χ1v) is 15.4. The zero-order valence-electron chi connectivity index (χ0n) is 22.7. The second-order valence-corrected chi connectivity index (χ2v) is 13.1. The molecule has 2 aromatic heterocycles. The second kappa shape index (κ2) is 10.1. The summed E-state index contributed by atoms with van der Waals surface area (Å²) in [7, 11) is -3.45. The van der Waals surface area contributed by atoms with Gasteiger partial charge in [0, 0.05) is 44.0 Å². The molecule has 0 radical (unpaired) electrons. The van der Waals surface area contributed by atoms with Crippen molar-refractivity contribution < 1.29 is 18.3 Å². The highest BCUT2D eigenvalue weighted by Gasteiger charge is 2.36. The van der Waals surface area contributed by atoms with Crippen molar-refractivity contribution in [3.63, 3.8) is 0 Å². The largest absolute Gasteiger partial charge is 0.390 e. The molecule has 0 aliphatic carbocycles. The Balaban J connectivity index is 1.34. The van der Waals surface area contributed by atoms with Gasteiger partial charge in [-0.2, -0.15) is 10.4 Å². The van der Waals surface area contributed by atoms with E-state index >= 15 is 0 Å². The van der Waals surface area contributed by atoms with Crippen LogP contribution in [0.4, 0.5) is 11.5 Å². The summed E-state index contributed by atoms with van der Waals surface area (Å²) in [6, 6.07) is 9.17. The summed E-state index contributed by atoms with van der Waals surface area (Å²) >= 11 is 0. The van der Waals surface area contributed by atoms with Crippen molar-refractivity contribution in [3.8, 4) is 6.07 Å². The van der Waals surface area contributed by atoms with Crippen molar-refractivity contribution in [2.75, 3.05) is 41.1 Å². The van der Waals surface area contributed by atoms with Gasteiger partial charge in [-0.25, -0.2) is 17.9 Å². The van der Waals surface area contributed by atoms with E-state index in [4.69, 9.17) is 10.1 Å². The molecule has 0 bridgehead atoms. The molecule has 0 saturated carbocycles. The van der Waals surface area contributed by atoms with Crippen LogP contribution in [-0.4, -0.2) is 77.0 Å². The summed E-state index contributed by atoms with van der Waals surface area (Å²) in [5.41, 5.74) is 3.97. The van der Waals surface area contributed by atoms with Crippen molar-refractivity contribution in [1.29, 1.82) is 5.26 Å². The lowest BCUT2D eigenvalue weighted by molar-refractivity contribution is 0.0606. The van der Waals surface area contributed by atoms with Crippen LogP contribution in [0.5, 0.6) is 0 Å². The number of nitriles is 1. The normalized spacial score (nSPS) is 24.6. The van der Waals surface area contributed by atoms with E-state index in [0.717, 1.165) is 36.1 Å². The Morgan fingerprint density at radius 3 is 2.67 bits per heavy atom. The molecule has 3 atom stereocenters. The Kier molecular flexibility index (Phi) is 6.67. The monoisotopic (exact) mass is 563 g/mol. The standard InChI is InChI=1S/C28H33N7O4S/c1-18-7-8-23(35-10-5-11-40(35,38)39)21(12-18)28(37)33-9-4-3-6-24(33)22-13-26-30-27(19(2)15-34(26)31-22)32-16-20(14-29)25(36)17-32/h7-8,12-13,15,20,24-25,36H,3-6,9-11,16-17H2,1-2H3.